The SMILES string of the molecule is CC12C(=O)N(Cc3ccc(Cl)cc3Cl)CC(=O)N1CCc1c2[nH]c2ccc(F)cc12. The molecule has 0 bridgehead atoms. The number of piperazine rings is 1. The number of nitrogens with one attached hydrogen (secondary N) is 1. The number of hydrogen-bond donors (Lipinski definition) is 1. The number of carbonyl (C=O) groups is 2. The molecule has 5 nitrogen and oxygen atoms in total. The van der Waals surface area contributed by atoms with Gasteiger partial charge in [-0.25, -0.2) is 4.39 Å². The minimum atomic E-state index is -1.18. The van der Waals surface area contributed by atoms with E-state index < -0.39 is 5.54 Å². The summed E-state index contributed by atoms with van der Waals surface area (Å²) in [6.45, 7) is 2.35. The van der Waals surface area contributed by atoms with E-state index in [4.69, 9.17) is 23.2 Å². The molecule has 2 aromatic carbocycles. The maximum Gasteiger partial charge on any atom is 0.255 e. The van der Waals surface area contributed by atoms with Crippen LogP contribution in [0, 0.1) is 5.82 Å². The topological polar surface area (TPSA) is 56.4 Å². The number of carbonyl (C=O) groups excluding carboxylic acids is 2. The zero-order valence-electron chi connectivity index (χ0n) is 16.1. The predicted molar refractivity (Wildman–Crippen MR) is 113 cm³/mol. The van der Waals surface area contributed by atoms with Gasteiger partial charge in [-0.15, -0.1) is 0 Å². The van der Waals surface area contributed by atoms with Crippen LogP contribution in [0.25, 0.3) is 10.9 Å². The normalized spacial score (nSPS) is 21.2. The van der Waals surface area contributed by atoms with E-state index in [0.29, 0.717) is 34.3 Å². The Kier molecular flexibility index (Phi) is 4.35. The Bertz CT molecular complexity index is 1220. The molecule has 0 radical (unpaired) electrons. The predicted octanol–water partition coefficient (Wildman–Crippen LogP) is 4.26. The van der Waals surface area contributed by atoms with Gasteiger partial charge in [-0.1, -0.05) is 29.3 Å². The summed E-state index contributed by atoms with van der Waals surface area (Å²) in [6, 6.07) is 9.61. The van der Waals surface area contributed by atoms with E-state index in [9.17, 15) is 14.0 Å². The van der Waals surface area contributed by atoms with E-state index in [-0.39, 0.29) is 30.7 Å². The van der Waals surface area contributed by atoms with Gasteiger partial charge in [-0.05, 0) is 54.8 Å². The molecule has 3 aromatic rings. The van der Waals surface area contributed by atoms with Gasteiger partial charge in [0.25, 0.3) is 5.91 Å². The molecule has 2 aliphatic heterocycles. The number of amides is 2. The molecule has 154 valence electrons. The van der Waals surface area contributed by atoms with Crippen molar-refractivity contribution in [1.29, 1.82) is 0 Å². The molecule has 1 aromatic heterocycles. The fraction of sp³-hybridized carbons (Fsp3) is 0.273. The molecule has 2 amide bonds. The summed E-state index contributed by atoms with van der Waals surface area (Å²) in [5, 5.41) is 1.70. The fourth-order valence-electron chi connectivity index (χ4n) is 4.69. The second-order valence-corrected chi connectivity index (χ2v) is 8.78. The smallest absolute Gasteiger partial charge is 0.255 e. The van der Waals surface area contributed by atoms with Crippen molar-refractivity contribution in [2.45, 2.75) is 25.4 Å². The zero-order valence-corrected chi connectivity index (χ0v) is 17.6. The van der Waals surface area contributed by atoms with Crippen molar-refractivity contribution >= 4 is 45.9 Å². The number of fused-ring (bicyclic) bond motifs is 5. The Hall–Kier alpha value is -2.57. The Morgan fingerprint density at radius 3 is 2.73 bits per heavy atom. The van der Waals surface area contributed by atoms with Crippen LogP contribution in [-0.2, 0) is 28.1 Å². The second kappa shape index (κ2) is 6.72. The fourth-order valence-corrected chi connectivity index (χ4v) is 5.15. The molecular weight excluding hydrogens is 428 g/mol. The van der Waals surface area contributed by atoms with Crippen molar-refractivity contribution < 1.29 is 14.0 Å². The highest BCUT2D eigenvalue weighted by molar-refractivity contribution is 6.35. The van der Waals surface area contributed by atoms with E-state index in [1.54, 1.807) is 36.1 Å². The summed E-state index contributed by atoms with van der Waals surface area (Å²) in [7, 11) is 0. The summed E-state index contributed by atoms with van der Waals surface area (Å²) in [5.41, 5.74) is 1.82. The third-order valence-corrected chi connectivity index (χ3v) is 6.77. The molecule has 1 atom stereocenters. The molecule has 1 N–H and O–H groups in total. The average molecular weight is 446 g/mol. The second-order valence-electron chi connectivity index (χ2n) is 7.93. The number of H-pyrrole nitrogens is 1. The molecule has 0 aliphatic carbocycles. The highest BCUT2D eigenvalue weighted by Crippen LogP contribution is 2.42. The van der Waals surface area contributed by atoms with Gasteiger partial charge in [0.15, 0.2) is 5.54 Å². The summed E-state index contributed by atoms with van der Waals surface area (Å²) >= 11 is 12.3. The lowest BCUT2D eigenvalue weighted by Gasteiger charge is -2.49. The number of hydrogen-bond acceptors (Lipinski definition) is 2. The van der Waals surface area contributed by atoms with E-state index in [1.807, 2.05) is 0 Å². The van der Waals surface area contributed by atoms with Gasteiger partial charge in [0.2, 0.25) is 5.91 Å². The molecule has 0 spiro atoms. The quantitative estimate of drug-likeness (QED) is 0.640. The largest absolute Gasteiger partial charge is 0.356 e. The molecule has 1 saturated heterocycles. The van der Waals surface area contributed by atoms with Gasteiger partial charge in [0, 0.05) is 34.0 Å². The number of nitrogens with zero attached hydrogens (tertiary/aromatic N) is 2. The van der Waals surface area contributed by atoms with Gasteiger partial charge in [-0.2, -0.15) is 0 Å². The molecule has 1 unspecified atom stereocenters. The average Bonchev–Trinajstić information content (AvgIpc) is 3.07. The van der Waals surface area contributed by atoms with Crippen LogP contribution >= 0.6 is 23.2 Å². The van der Waals surface area contributed by atoms with E-state index in [0.717, 1.165) is 16.5 Å². The highest BCUT2D eigenvalue weighted by Gasteiger charge is 2.54. The summed E-state index contributed by atoms with van der Waals surface area (Å²) in [4.78, 5) is 33.1. The first kappa shape index (κ1) is 19.4. The van der Waals surface area contributed by atoms with Crippen molar-refractivity contribution in [2.24, 2.45) is 0 Å². The Morgan fingerprint density at radius 1 is 1.17 bits per heavy atom. The first-order valence-electron chi connectivity index (χ1n) is 9.63. The molecule has 1 fully saturated rings. The van der Waals surface area contributed by atoms with Crippen molar-refractivity contribution in [1.82, 2.24) is 14.8 Å². The van der Waals surface area contributed by atoms with E-state index in [2.05, 4.69) is 4.98 Å². The van der Waals surface area contributed by atoms with Crippen LogP contribution < -0.4 is 0 Å². The van der Waals surface area contributed by atoms with Crippen LogP contribution in [0.1, 0.15) is 23.7 Å². The van der Waals surface area contributed by atoms with Crippen molar-refractivity contribution in [3.05, 3.63) is 69.1 Å². The Labute approximate surface area is 182 Å². The number of aromatic amines is 1. The van der Waals surface area contributed by atoms with Gasteiger partial charge >= 0.3 is 0 Å². The molecule has 8 heteroatoms. The minimum absolute atomic E-state index is 0.0163. The lowest BCUT2D eigenvalue weighted by Crippen LogP contribution is -2.66. The maximum absolute atomic E-state index is 13.8. The van der Waals surface area contributed by atoms with Crippen LogP contribution in [0.2, 0.25) is 10.0 Å². The van der Waals surface area contributed by atoms with Crippen LogP contribution in [0.15, 0.2) is 36.4 Å². The molecule has 3 heterocycles. The monoisotopic (exact) mass is 445 g/mol. The number of halogens is 3. The summed E-state index contributed by atoms with van der Waals surface area (Å²) in [5.74, 6) is -0.652. The standard InChI is InChI=1S/C22H18Cl2FN3O2/c1-22-20-15(16-9-14(25)4-5-18(16)26-20)6-7-28(22)19(29)11-27(21(22)30)10-12-2-3-13(23)8-17(12)24/h2-5,8-9,26H,6-7,10-11H2,1H3. The van der Waals surface area contributed by atoms with Gasteiger partial charge in [-0.3, -0.25) is 9.59 Å². The first-order valence-corrected chi connectivity index (χ1v) is 10.4. The molecular formula is C22H18Cl2FN3O2. The van der Waals surface area contributed by atoms with Gasteiger partial charge in [0.1, 0.15) is 12.4 Å². The van der Waals surface area contributed by atoms with Crippen LogP contribution in [0.4, 0.5) is 4.39 Å². The van der Waals surface area contributed by atoms with Crippen molar-refractivity contribution in [2.75, 3.05) is 13.1 Å². The first-order chi connectivity index (χ1) is 14.3. The minimum Gasteiger partial charge on any atom is -0.356 e. The molecule has 0 saturated carbocycles. The maximum atomic E-state index is 13.8. The molecule has 5 rings (SSSR count). The number of rotatable bonds is 2. The summed E-state index contributed by atoms with van der Waals surface area (Å²) in [6.07, 6.45) is 0.566. The van der Waals surface area contributed by atoms with Crippen LogP contribution in [-0.4, -0.2) is 39.7 Å². The third-order valence-electron chi connectivity index (χ3n) is 6.19. The number of aromatic nitrogens is 1. The number of benzene rings is 2. The lowest BCUT2D eigenvalue weighted by atomic mass is 9.83. The summed E-state index contributed by atoms with van der Waals surface area (Å²) < 4.78 is 13.8. The van der Waals surface area contributed by atoms with E-state index >= 15 is 0 Å². The van der Waals surface area contributed by atoms with Gasteiger partial charge < -0.3 is 14.8 Å². The zero-order chi connectivity index (χ0) is 21.2. The van der Waals surface area contributed by atoms with Crippen molar-refractivity contribution in [3.63, 3.8) is 0 Å². The lowest BCUT2D eigenvalue weighted by molar-refractivity contribution is -0.166. The molecule has 2 aliphatic rings. The highest BCUT2D eigenvalue weighted by atomic mass is 35.5. The molecule has 30 heavy (non-hydrogen) atoms. The van der Waals surface area contributed by atoms with Gasteiger partial charge in [0.05, 0.1) is 5.69 Å². The van der Waals surface area contributed by atoms with Crippen LogP contribution in [0.5, 0.6) is 0 Å². The van der Waals surface area contributed by atoms with E-state index in [1.165, 1.54) is 17.0 Å². The van der Waals surface area contributed by atoms with Crippen LogP contribution in [0.3, 0.4) is 0 Å². The third kappa shape index (κ3) is 2.74. The Balaban J connectivity index is 1.59. The Morgan fingerprint density at radius 2 is 1.97 bits per heavy atom. The van der Waals surface area contributed by atoms with Crippen molar-refractivity contribution in [3.8, 4) is 0 Å².